The molecule has 2 rings (SSSR count). The SMILES string of the molecule is CNCc1cccc(Oc2cc(Br)cc(F)c2F)c1. The average molecular weight is 328 g/mol. The van der Waals surface area contributed by atoms with Crippen LogP contribution in [0, 0.1) is 11.6 Å². The minimum Gasteiger partial charge on any atom is -0.454 e. The third-order valence-electron chi connectivity index (χ3n) is 2.47. The van der Waals surface area contributed by atoms with E-state index < -0.39 is 11.6 Å². The van der Waals surface area contributed by atoms with Crippen molar-refractivity contribution in [2.45, 2.75) is 6.54 Å². The zero-order chi connectivity index (χ0) is 13.8. The van der Waals surface area contributed by atoms with E-state index in [1.807, 2.05) is 13.1 Å². The molecule has 5 heteroatoms. The molecule has 0 saturated heterocycles. The van der Waals surface area contributed by atoms with Crippen molar-refractivity contribution in [3.63, 3.8) is 0 Å². The first-order chi connectivity index (χ1) is 9.10. The minimum absolute atomic E-state index is 0.145. The Morgan fingerprint density at radius 1 is 1.21 bits per heavy atom. The fraction of sp³-hybridized carbons (Fsp3) is 0.143. The fourth-order valence-electron chi connectivity index (χ4n) is 1.66. The summed E-state index contributed by atoms with van der Waals surface area (Å²) in [5.74, 6) is -1.63. The van der Waals surface area contributed by atoms with E-state index in [-0.39, 0.29) is 5.75 Å². The molecule has 0 aromatic heterocycles. The van der Waals surface area contributed by atoms with Crippen LogP contribution in [0.4, 0.5) is 8.78 Å². The van der Waals surface area contributed by atoms with E-state index >= 15 is 0 Å². The Bertz CT molecular complexity index is 590. The van der Waals surface area contributed by atoms with Crippen LogP contribution in [-0.4, -0.2) is 7.05 Å². The van der Waals surface area contributed by atoms with E-state index in [0.717, 1.165) is 11.6 Å². The lowest BCUT2D eigenvalue weighted by atomic mass is 10.2. The van der Waals surface area contributed by atoms with Crippen LogP contribution in [0.1, 0.15) is 5.56 Å². The second-order valence-corrected chi connectivity index (χ2v) is 4.90. The molecule has 0 saturated carbocycles. The highest BCUT2D eigenvalue weighted by Gasteiger charge is 2.12. The maximum Gasteiger partial charge on any atom is 0.201 e. The smallest absolute Gasteiger partial charge is 0.201 e. The number of hydrogen-bond donors (Lipinski definition) is 1. The summed E-state index contributed by atoms with van der Waals surface area (Å²) in [6.45, 7) is 0.673. The highest BCUT2D eigenvalue weighted by molar-refractivity contribution is 9.10. The summed E-state index contributed by atoms with van der Waals surface area (Å²) in [4.78, 5) is 0. The minimum atomic E-state index is -0.998. The number of benzene rings is 2. The van der Waals surface area contributed by atoms with Gasteiger partial charge in [-0.2, -0.15) is 4.39 Å². The van der Waals surface area contributed by atoms with Gasteiger partial charge in [0.1, 0.15) is 5.75 Å². The molecule has 2 aromatic rings. The Balaban J connectivity index is 2.28. The van der Waals surface area contributed by atoms with Crippen molar-refractivity contribution in [1.29, 1.82) is 0 Å². The second kappa shape index (κ2) is 6.12. The first-order valence-electron chi connectivity index (χ1n) is 5.66. The van der Waals surface area contributed by atoms with Crippen molar-refractivity contribution < 1.29 is 13.5 Å². The number of ether oxygens (including phenoxy) is 1. The fourth-order valence-corrected chi connectivity index (χ4v) is 2.07. The zero-order valence-electron chi connectivity index (χ0n) is 10.2. The molecule has 0 aliphatic carbocycles. The molecule has 0 bridgehead atoms. The lowest BCUT2D eigenvalue weighted by Crippen LogP contribution is -2.04. The number of rotatable bonds is 4. The van der Waals surface area contributed by atoms with Gasteiger partial charge in [-0.1, -0.05) is 28.1 Å². The lowest BCUT2D eigenvalue weighted by molar-refractivity contribution is 0.415. The van der Waals surface area contributed by atoms with Gasteiger partial charge < -0.3 is 10.1 Å². The monoisotopic (exact) mass is 327 g/mol. The van der Waals surface area contributed by atoms with Crippen molar-refractivity contribution >= 4 is 15.9 Å². The summed E-state index contributed by atoms with van der Waals surface area (Å²) in [6, 6.07) is 9.63. The molecule has 0 radical (unpaired) electrons. The van der Waals surface area contributed by atoms with Crippen LogP contribution in [0.5, 0.6) is 11.5 Å². The molecule has 0 amide bonds. The Kier molecular flexibility index (Phi) is 4.50. The Hall–Kier alpha value is -1.46. The quantitative estimate of drug-likeness (QED) is 0.848. The van der Waals surface area contributed by atoms with Crippen LogP contribution in [0.15, 0.2) is 40.9 Å². The molecule has 100 valence electrons. The first kappa shape index (κ1) is 14.0. The van der Waals surface area contributed by atoms with Gasteiger partial charge in [0.2, 0.25) is 5.82 Å². The van der Waals surface area contributed by atoms with Crippen LogP contribution in [0.2, 0.25) is 0 Å². The second-order valence-electron chi connectivity index (χ2n) is 3.98. The molecule has 0 aliphatic rings. The molecule has 1 N–H and O–H groups in total. The first-order valence-corrected chi connectivity index (χ1v) is 6.45. The highest BCUT2D eigenvalue weighted by Crippen LogP contribution is 2.29. The predicted octanol–water partition coefficient (Wildman–Crippen LogP) is 4.24. The number of nitrogens with one attached hydrogen (secondary N) is 1. The van der Waals surface area contributed by atoms with Crippen molar-refractivity contribution in [2.75, 3.05) is 7.05 Å². The third kappa shape index (κ3) is 3.52. The molecule has 0 heterocycles. The Labute approximate surface area is 118 Å². The van der Waals surface area contributed by atoms with Gasteiger partial charge in [0.05, 0.1) is 0 Å². The molecule has 0 spiro atoms. The maximum atomic E-state index is 13.6. The van der Waals surface area contributed by atoms with E-state index in [0.29, 0.717) is 16.8 Å². The van der Waals surface area contributed by atoms with Gasteiger partial charge in [0.25, 0.3) is 0 Å². The third-order valence-corrected chi connectivity index (χ3v) is 2.92. The van der Waals surface area contributed by atoms with E-state index in [1.54, 1.807) is 18.2 Å². The van der Waals surface area contributed by atoms with Gasteiger partial charge in [-0.15, -0.1) is 0 Å². The Morgan fingerprint density at radius 2 is 2.00 bits per heavy atom. The summed E-state index contributed by atoms with van der Waals surface area (Å²) in [6.07, 6.45) is 0. The van der Waals surface area contributed by atoms with Crippen LogP contribution in [-0.2, 0) is 6.54 Å². The lowest BCUT2D eigenvalue weighted by Gasteiger charge is -2.09. The normalized spacial score (nSPS) is 10.5. The van der Waals surface area contributed by atoms with Crippen molar-refractivity contribution in [2.24, 2.45) is 0 Å². The molecule has 0 atom stereocenters. The van der Waals surface area contributed by atoms with Gasteiger partial charge in [0, 0.05) is 11.0 Å². The van der Waals surface area contributed by atoms with E-state index in [9.17, 15) is 8.78 Å². The van der Waals surface area contributed by atoms with Crippen LogP contribution in [0.25, 0.3) is 0 Å². The highest BCUT2D eigenvalue weighted by atomic mass is 79.9. The van der Waals surface area contributed by atoms with Crippen LogP contribution in [0.3, 0.4) is 0 Å². The molecule has 0 fully saturated rings. The standard InChI is InChI=1S/C14H12BrF2NO/c1-18-8-9-3-2-4-11(5-9)19-13-7-10(15)6-12(16)14(13)17/h2-7,18H,8H2,1H3. The van der Waals surface area contributed by atoms with Gasteiger partial charge in [-0.05, 0) is 36.9 Å². The Morgan fingerprint density at radius 3 is 2.74 bits per heavy atom. The average Bonchev–Trinajstić information content (AvgIpc) is 2.36. The van der Waals surface area contributed by atoms with E-state index in [4.69, 9.17) is 4.74 Å². The molecule has 19 heavy (non-hydrogen) atoms. The van der Waals surface area contributed by atoms with Crippen molar-refractivity contribution in [3.8, 4) is 11.5 Å². The van der Waals surface area contributed by atoms with Crippen LogP contribution < -0.4 is 10.1 Å². The molecular weight excluding hydrogens is 316 g/mol. The summed E-state index contributed by atoms with van der Waals surface area (Å²) >= 11 is 3.10. The largest absolute Gasteiger partial charge is 0.454 e. The van der Waals surface area contributed by atoms with Crippen molar-refractivity contribution in [1.82, 2.24) is 5.32 Å². The summed E-state index contributed by atoms with van der Waals surface area (Å²) in [5, 5.41) is 3.01. The topological polar surface area (TPSA) is 21.3 Å². The number of halogens is 3. The van der Waals surface area contributed by atoms with Gasteiger partial charge in [0.15, 0.2) is 11.6 Å². The van der Waals surface area contributed by atoms with Gasteiger partial charge in [-0.25, -0.2) is 4.39 Å². The zero-order valence-corrected chi connectivity index (χ0v) is 11.8. The van der Waals surface area contributed by atoms with E-state index in [2.05, 4.69) is 21.2 Å². The van der Waals surface area contributed by atoms with Gasteiger partial charge >= 0.3 is 0 Å². The van der Waals surface area contributed by atoms with E-state index in [1.165, 1.54) is 6.07 Å². The molecular formula is C14H12BrF2NO. The summed E-state index contributed by atoms with van der Waals surface area (Å²) in [5.41, 5.74) is 0.996. The predicted molar refractivity (Wildman–Crippen MR) is 73.3 cm³/mol. The summed E-state index contributed by atoms with van der Waals surface area (Å²) in [7, 11) is 1.83. The van der Waals surface area contributed by atoms with Gasteiger partial charge in [-0.3, -0.25) is 0 Å². The summed E-state index contributed by atoms with van der Waals surface area (Å²) < 4.78 is 32.6. The van der Waals surface area contributed by atoms with Crippen LogP contribution >= 0.6 is 15.9 Å². The van der Waals surface area contributed by atoms with Crippen molar-refractivity contribution in [3.05, 3.63) is 58.1 Å². The number of hydrogen-bond acceptors (Lipinski definition) is 2. The molecule has 2 aromatic carbocycles. The molecule has 0 unspecified atom stereocenters. The molecule has 0 aliphatic heterocycles. The molecule has 2 nitrogen and oxygen atoms in total. The maximum absolute atomic E-state index is 13.6.